The van der Waals surface area contributed by atoms with Gasteiger partial charge in [-0.05, 0) is 51.7 Å². The fourth-order valence-corrected chi connectivity index (χ4v) is 4.66. The molecule has 2 amide bonds. The van der Waals surface area contributed by atoms with Gasteiger partial charge in [0.1, 0.15) is 36.5 Å². The molecule has 14 heteroatoms. The molecule has 2 aliphatic heterocycles. The number of esters is 1. The first-order valence-electron chi connectivity index (χ1n) is 16.3. The minimum absolute atomic E-state index is 0.0275. The van der Waals surface area contributed by atoms with Crippen molar-refractivity contribution >= 4 is 23.6 Å². The third-order valence-electron chi connectivity index (χ3n) is 7.56. The van der Waals surface area contributed by atoms with E-state index in [-0.39, 0.29) is 49.7 Å². The largest absolute Gasteiger partial charge is 0.462 e. The molecule has 48 heavy (non-hydrogen) atoms. The Morgan fingerprint density at radius 2 is 1.50 bits per heavy atom. The standard InChI is InChI=1S/C34H49NO13/c1-34(2,3)33(42)47-21-24-9-8-23(20-27(24)48-32-31(41)30(40)26(37)22-46-32)6-4-14-43-16-18-45-19-17-44-15-5-7-25(36)12-13-35-28(38)10-11-29(35)39/h8-11,20,26,30-32,37,40-41H,4-7,12-19,21-22H2,1-3H3/t26-,30+,31-,32+/m1/s1. The maximum Gasteiger partial charge on any atom is 0.311 e. The zero-order chi connectivity index (χ0) is 35.1. The summed E-state index contributed by atoms with van der Waals surface area (Å²) in [6, 6.07) is 5.43. The zero-order valence-corrected chi connectivity index (χ0v) is 28.0. The van der Waals surface area contributed by atoms with Crippen LogP contribution in [0.2, 0.25) is 0 Å². The van der Waals surface area contributed by atoms with Crippen molar-refractivity contribution in [2.45, 2.75) is 84.1 Å². The molecule has 1 aromatic carbocycles. The number of rotatable bonds is 21. The molecule has 0 aliphatic carbocycles. The number of carbonyl (C=O) groups excluding carboxylic acids is 4. The van der Waals surface area contributed by atoms with E-state index >= 15 is 0 Å². The van der Waals surface area contributed by atoms with Crippen molar-refractivity contribution in [1.82, 2.24) is 4.90 Å². The summed E-state index contributed by atoms with van der Waals surface area (Å²) in [6.07, 6.45) is -0.594. The van der Waals surface area contributed by atoms with Gasteiger partial charge in [0.2, 0.25) is 6.29 Å². The number of hydrogen-bond donors (Lipinski definition) is 3. The number of amides is 2. The first-order valence-corrected chi connectivity index (χ1v) is 16.3. The third-order valence-corrected chi connectivity index (χ3v) is 7.56. The molecule has 0 spiro atoms. The summed E-state index contributed by atoms with van der Waals surface area (Å²) in [7, 11) is 0. The van der Waals surface area contributed by atoms with Crippen LogP contribution in [0.4, 0.5) is 0 Å². The Bertz CT molecular complexity index is 1230. The number of aliphatic hydroxyl groups is 3. The molecule has 0 aromatic heterocycles. The fourth-order valence-electron chi connectivity index (χ4n) is 4.66. The SMILES string of the molecule is CC(C)(C)C(=O)OCc1ccc(CCCOCCOCCOCCCC(=O)CCN2C(=O)C=CC2=O)cc1O[C@@H]1OC[C@@H](O)[C@H](O)[C@H]1O. The third kappa shape index (κ3) is 13.0. The Morgan fingerprint density at radius 3 is 2.15 bits per heavy atom. The van der Waals surface area contributed by atoms with Gasteiger partial charge >= 0.3 is 5.97 Å². The van der Waals surface area contributed by atoms with Gasteiger partial charge in [0, 0.05) is 50.3 Å². The predicted molar refractivity (Wildman–Crippen MR) is 170 cm³/mol. The Labute approximate surface area is 280 Å². The number of benzene rings is 1. The highest BCUT2D eigenvalue weighted by Crippen LogP contribution is 2.28. The van der Waals surface area contributed by atoms with E-state index in [1.165, 1.54) is 12.2 Å². The number of aryl methyl sites for hydroxylation is 1. The molecule has 1 saturated heterocycles. The molecule has 3 rings (SSSR count). The molecular formula is C34H49NO13. The van der Waals surface area contributed by atoms with Crippen LogP contribution in [0.15, 0.2) is 30.4 Å². The highest BCUT2D eigenvalue weighted by atomic mass is 16.7. The molecule has 3 N–H and O–H groups in total. The van der Waals surface area contributed by atoms with Crippen molar-refractivity contribution in [3.63, 3.8) is 0 Å². The van der Waals surface area contributed by atoms with Crippen molar-refractivity contribution in [1.29, 1.82) is 0 Å². The van der Waals surface area contributed by atoms with E-state index in [4.69, 9.17) is 28.4 Å². The monoisotopic (exact) mass is 679 g/mol. The number of hydrogen-bond acceptors (Lipinski definition) is 13. The molecule has 4 atom stereocenters. The first-order chi connectivity index (χ1) is 22.9. The Morgan fingerprint density at radius 1 is 0.875 bits per heavy atom. The molecule has 1 aromatic rings. The smallest absolute Gasteiger partial charge is 0.311 e. The van der Waals surface area contributed by atoms with Crippen molar-refractivity contribution in [3.8, 4) is 5.75 Å². The molecule has 0 saturated carbocycles. The average Bonchev–Trinajstić information content (AvgIpc) is 3.37. The number of ether oxygens (including phenoxy) is 6. The van der Waals surface area contributed by atoms with Gasteiger partial charge in [-0.15, -0.1) is 0 Å². The van der Waals surface area contributed by atoms with Crippen LogP contribution in [0.5, 0.6) is 5.75 Å². The summed E-state index contributed by atoms with van der Waals surface area (Å²) in [5, 5.41) is 30.2. The number of aliphatic hydroxyl groups excluding tert-OH is 3. The van der Waals surface area contributed by atoms with Gasteiger partial charge in [-0.3, -0.25) is 24.1 Å². The maximum absolute atomic E-state index is 12.3. The summed E-state index contributed by atoms with van der Waals surface area (Å²) in [5.41, 5.74) is 0.782. The number of nitrogens with zero attached hydrogens (tertiary/aromatic N) is 1. The average molecular weight is 680 g/mol. The van der Waals surface area contributed by atoms with Crippen LogP contribution in [0.1, 0.15) is 57.6 Å². The highest BCUT2D eigenvalue weighted by Gasteiger charge is 2.39. The molecule has 1 fully saturated rings. The quantitative estimate of drug-likeness (QED) is 0.0958. The molecule has 2 aliphatic rings. The van der Waals surface area contributed by atoms with Gasteiger partial charge < -0.3 is 43.7 Å². The van der Waals surface area contributed by atoms with Gasteiger partial charge in [-0.1, -0.05) is 12.1 Å². The van der Waals surface area contributed by atoms with Crippen molar-refractivity contribution < 1.29 is 62.9 Å². The van der Waals surface area contributed by atoms with Gasteiger partial charge in [-0.25, -0.2) is 0 Å². The summed E-state index contributed by atoms with van der Waals surface area (Å²) >= 11 is 0. The van der Waals surface area contributed by atoms with Crippen LogP contribution in [0.3, 0.4) is 0 Å². The van der Waals surface area contributed by atoms with Crippen molar-refractivity contribution in [2.75, 3.05) is 52.8 Å². The Kier molecular flexibility index (Phi) is 16.1. The van der Waals surface area contributed by atoms with Gasteiger partial charge in [0.05, 0.1) is 38.4 Å². The lowest BCUT2D eigenvalue weighted by atomic mass is 9.97. The van der Waals surface area contributed by atoms with Crippen LogP contribution in [0, 0.1) is 5.41 Å². The van der Waals surface area contributed by atoms with Crippen LogP contribution >= 0.6 is 0 Å². The number of ketones is 1. The van der Waals surface area contributed by atoms with Crippen LogP contribution in [-0.4, -0.2) is 121 Å². The fraction of sp³-hybridized carbons (Fsp3) is 0.647. The lowest BCUT2D eigenvalue weighted by molar-refractivity contribution is -0.242. The number of Topliss-reactive ketones (excluding diaryl/α,β-unsaturated/α-hetero) is 1. The predicted octanol–water partition coefficient (Wildman–Crippen LogP) is 1.24. The van der Waals surface area contributed by atoms with Crippen LogP contribution < -0.4 is 4.74 Å². The summed E-state index contributed by atoms with van der Waals surface area (Å²) in [6.45, 7) is 7.56. The number of carbonyl (C=O) groups is 4. The van der Waals surface area contributed by atoms with E-state index in [2.05, 4.69) is 0 Å². The van der Waals surface area contributed by atoms with E-state index in [1.807, 2.05) is 6.07 Å². The lowest BCUT2D eigenvalue weighted by Crippen LogP contribution is -2.54. The number of imide groups is 1. The molecular weight excluding hydrogens is 630 g/mol. The molecule has 268 valence electrons. The molecule has 0 unspecified atom stereocenters. The second-order valence-corrected chi connectivity index (χ2v) is 12.6. The maximum atomic E-state index is 12.3. The minimum atomic E-state index is -1.47. The highest BCUT2D eigenvalue weighted by molar-refractivity contribution is 6.13. The first kappa shape index (κ1) is 39.2. The normalized spacial score (nSPS) is 21.2. The second-order valence-electron chi connectivity index (χ2n) is 12.6. The molecule has 2 heterocycles. The van der Waals surface area contributed by atoms with Gasteiger partial charge in [0.15, 0.2) is 0 Å². The van der Waals surface area contributed by atoms with E-state index in [0.717, 1.165) is 10.5 Å². The zero-order valence-electron chi connectivity index (χ0n) is 28.0. The summed E-state index contributed by atoms with van der Waals surface area (Å²) < 4.78 is 33.4. The van der Waals surface area contributed by atoms with Gasteiger partial charge in [-0.2, -0.15) is 0 Å². The van der Waals surface area contributed by atoms with Crippen LogP contribution in [-0.2, 0) is 55.9 Å². The van der Waals surface area contributed by atoms with Crippen LogP contribution in [0.25, 0.3) is 0 Å². The molecule has 0 radical (unpaired) electrons. The Hall–Kier alpha value is -3.24. The van der Waals surface area contributed by atoms with E-state index in [0.29, 0.717) is 76.6 Å². The van der Waals surface area contributed by atoms with Gasteiger partial charge in [0.25, 0.3) is 11.8 Å². The topological polar surface area (TPSA) is 188 Å². The molecule has 14 nitrogen and oxygen atoms in total. The van der Waals surface area contributed by atoms with Crippen molar-refractivity contribution in [3.05, 3.63) is 41.5 Å². The summed E-state index contributed by atoms with van der Waals surface area (Å²) in [5.74, 6) is -0.855. The molecule has 0 bridgehead atoms. The van der Waals surface area contributed by atoms with E-state index < -0.39 is 30.0 Å². The van der Waals surface area contributed by atoms with Crippen molar-refractivity contribution in [2.24, 2.45) is 5.41 Å². The van der Waals surface area contributed by atoms with E-state index in [1.54, 1.807) is 32.9 Å². The second kappa shape index (κ2) is 19.7. The van der Waals surface area contributed by atoms with E-state index in [9.17, 15) is 34.5 Å². The Balaban J connectivity index is 1.28. The summed E-state index contributed by atoms with van der Waals surface area (Å²) in [4.78, 5) is 48.3. The minimum Gasteiger partial charge on any atom is -0.462 e. The lowest BCUT2D eigenvalue weighted by Gasteiger charge is -2.35.